The molecular weight excluding hydrogens is 674 g/mol. The number of hydrogen-bond donors (Lipinski definition) is 2. The number of benzene rings is 2. The molecule has 2 aromatic heterocycles. The van der Waals surface area contributed by atoms with Gasteiger partial charge >= 0.3 is 5.97 Å². The molecule has 0 bridgehead atoms. The van der Waals surface area contributed by atoms with Crippen LogP contribution in [-0.2, 0) is 29.6 Å². The maximum Gasteiger partial charge on any atom is 0.329 e. The Labute approximate surface area is 311 Å². The number of aromatic nitrogens is 4. The van der Waals surface area contributed by atoms with Crippen LogP contribution in [0, 0.1) is 11.8 Å². The van der Waals surface area contributed by atoms with Crippen LogP contribution in [0.5, 0.6) is 11.5 Å². The normalized spacial score (nSPS) is 25.7. The van der Waals surface area contributed by atoms with Crippen molar-refractivity contribution in [1.82, 2.24) is 20.0 Å². The fourth-order valence-corrected chi connectivity index (χ4v) is 9.60. The van der Waals surface area contributed by atoms with Gasteiger partial charge in [-0.3, -0.25) is 4.98 Å². The second kappa shape index (κ2) is 14.4. The number of nitrogens with zero attached hydrogens (tertiary/aromatic N) is 4. The van der Waals surface area contributed by atoms with Gasteiger partial charge in [-0.05, 0) is 141 Å². The van der Waals surface area contributed by atoms with Crippen LogP contribution in [0.3, 0.4) is 0 Å². The molecule has 3 atom stereocenters. The fraction of sp³-hybridized carbons (Fsp3) is 0.524. The van der Waals surface area contributed by atoms with Crippen LogP contribution in [-0.4, -0.2) is 49.8 Å². The summed E-state index contributed by atoms with van der Waals surface area (Å²) in [6.45, 7) is 6.36. The standard InChI is InChI=1S/C42H50ClN5O4/c1-27(26-52-38-13-18-44-36-8-3-5-28(2)39(36)38)21-31-22-30-11-12-34(51-20-19-48-25-37(46-47-48)29-9-10-29)24-35(30)41(31)14-16-42(17-15-41,40(49)50)45-33-7-4-6-32(43)23-33/h4,6-7,11-13,18,23-25,27-29,31,45H,3,5,8-10,14-17,19-22,26H2,1-2H3,(H,49,50)/t27-,28-,31?,41?,42?/m1/s1. The Morgan fingerprint density at radius 3 is 2.73 bits per heavy atom. The predicted octanol–water partition coefficient (Wildman–Crippen LogP) is 8.75. The number of ether oxygens (including phenoxy) is 2. The first-order valence-corrected chi connectivity index (χ1v) is 19.6. The Hall–Kier alpha value is -4.11. The number of hydrogen-bond acceptors (Lipinski definition) is 7. The molecule has 1 spiro atoms. The van der Waals surface area contributed by atoms with Crippen LogP contribution in [0.25, 0.3) is 0 Å². The zero-order chi connectivity index (χ0) is 35.9. The van der Waals surface area contributed by atoms with E-state index >= 15 is 0 Å². The third-order valence-electron chi connectivity index (χ3n) is 12.4. The molecule has 2 saturated carbocycles. The minimum absolute atomic E-state index is 0.159. The van der Waals surface area contributed by atoms with E-state index in [9.17, 15) is 9.90 Å². The van der Waals surface area contributed by atoms with E-state index in [-0.39, 0.29) is 5.41 Å². The van der Waals surface area contributed by atoms with Crippen molar-refractivity contribution in [3.8, 4) is 11.5 Å². The SMILES string of the molecule is C[C@@H](COc1ccnc2c1[C@H](C)CCC2)CC1Cc2ccc(OCCn3cc(C4CC4)nn3)cc2C12CCC(Nc1cccc(Cl)c1)(C(=O)O)CC2. The zero-order valence-electron chi connectivity index (χ0n) is 30.3. The third-order valence-corrected chi connectivity index (χ3v) is 12.6. The molecule has 4 aliphatic rings. The molecule has 1 unspecified atom stereocenters. The summed E-state index contributed by atoms with van der Waals surface area (Å²) in [6, 6.07) is 16.0. The van der Waals surface area contributed by atoms with E-state index in [0.29, 0.717) is 61.3 Å². The molecule has 0 amide bonds. The van der Waals surface area contributed by atoms with Crippen molar-refractivity contribution >= 4 is 23.3 Å². The summed E-state index contributed by atoms with van der Waals surface area (Å²) in [5.74, 6) is 2.72. The summed E-state index contributed by atoms with van der Waals surface area (Å²) >= 11 is 6.30. The van der Waals surface area contributed by atoms with Crippen LogP contribution in [0.2, 0.25) is 5.02 Å². The Balaban J connectivity index is 1.01. The first-order valence-electron chi connectivity index (χ1n) is 19.3. The highest BCUT2D eigenvalue weighted by atomic mass is 35.5. The molecule has 52 heavy (non-hydrogen) atoms. The van der Waals surface area contributed by atoms with Gasteiger partial charge in [-0.25, -0.2) is 9.48 Å². The van der Waals surface area contributed by atoms with Gasteiger partial charge in [0.15, 0.2) is 0 Å². The van der Waals surface area contributed by atoms with Gasteiger partial charge in [0.1, 0.15) is 23.6 Å². The molecule has 274 valence electrons. The zero-order valence-corrected chi connectivity index (χ0v) is 31.1. The molecule has 8 rings (SSSR count). The molecule has 0 saturated heterocycles. The van der Waals surface area contributed by atoms with Gasteiger partial charge in [-0.1, -0.05) is 42.8 Å². The molecule has 9 nitrogen and oxygen atoms in total. The number of halogens is 1. The molecule has 4 aliphatic carbocycles. The van der Waals surface area contributed by atoms with Crippen LogP contribution in [0.15, 0.2) is 60.9 Å². The third kappa shape index (κ3) is 7.01. The van der Waals surface area contributed by atoms with Crippen molar-refractivity contribution in [3.63, 3.8) is 0 Å². The van der Waals surface area contributed by atoms with Gasteiger partial charge in [0.25, 0.3) is 0 Å². The summed E-state index contributed by atoms with van der Waals surface area (Å²) < 4.78 is 14.8. The number of pyridine rings is 1. The van der Waals surface area contributed by atoms with Crippen molar-refractivity contribution < 1.29 is 19.4 Å². The highest BCUT2D eigenvalue weighted by molar-refractivity contribution is 6.30. The first kappa shape index (κ1) is 34.9. The maximum atomic E-state index is 13.0. The summed E-state index contributed by atoms with van der Waals surface area (Å²) in [5, 5.41) is 23.3. The number of rotatable bonds is 13. The number of aryl methyl sites for hydroxylation is 1. The lowest BCUT2D eigenvalue weighted by Gasteiger charge is -2.47. The first-order chi connectivity index (χ1) is 25.2. The average Bonchev–Trinajstić information content (AvgIpc) is 3.81. The molecule has 0 radical (unpaired) electrons. The molecule has 2 N–H and O–H groups in total. The van der Waals surface area contributed by atoms with Gasteiger partial charge in [-0.2, -0.15) is 0 Å². The van der Waals surface area contributed by atoms with Crippen molar-refractivity contribution in [3.05, 3.63) is 94.0 Å². The molecule has 2 fully saturated rings. The molecule has 2 aromatic carbocycles. The summed E-state index contributed by atoms with van der Waals surface area (Å²) in [6.07, 6.45) is 14.2. The molecule has 4 aromatic rings. The lowest BCUT2D eigenvalue weighted by Crippen LogP contribution is -2.53. The number of aliphatic carboxylic acids is 1. The van der Waals surface area contributed by atoms with E-state index in [0.717, 1.165) is 55.0 Å². The van der Waals surface area contributed by atoms with Gasteiger partial charge in [0, 0.05) is 40.3 Å². The summed E-state index contributed by atoms with van der Waals surface area (Å²) in [4.78, 5) is 17.7. The number of nitrogens with one attached hydrogen (secondary N) is 1. The van der Waals surface area contributed by atoms with Crippen LogP contribution in [0.4, 0.5) is 5.69 Å². The van der Waals surface area contributed by atoms with E-state index in [1.165, 1.54) is 48.1 Å². The maximum absolute atomic E-state index is 13.0. The number of fused-ring (bicyclic) bond motifs is 3. The smallest absolute Gasteiger partial charge is 0.329 e. The lowest BCUT2D eigenvalue weighted by molar-refractivity contribution is -0.144. The predicted molar refractivity (Wildman–Crippen MR) is 202 cm³/mol. The van der Waals surface area contributed by atoms with Crippen molar-refractivity contribution in [1.29, 1.82) is 0 Å². The Bertz CT molecular complexity index is 1920. The van der Waals surface area contributed by atoms with Gasteiger partial charge < -0.3 is 19.9 Å². The minimum Gasteiger partial charge on any atom is -0.493 e. The van der Waals surface area contributed by atoms with E-state index in [1.807, 2.05) is 47.4 Å². The van der Waals surface area contributed by atoms with Gasteiger partial charge in [0.2, 0.25) is 0 Å². The lowest BCUT2D eigenvalue weighted by atomic mass is 9.59. The molecule has 0 aliphatic heterocycles. The topological polar surface area (TPSA) is 111 Å². The van der Waals surface area contributed by atoms with E-state index in [1.54, 1.807) is 0 Å². The van der Waals surface area contributed by atoms with E-state index < -0.39 is 11.5 Å². The van der Waals surface area contributed by atoms with Gasteiger partial charge in [0.05, 0.1) is 18.8 Å². The quantitative estimate of drug-likeness (QED) is 0.141. The Morgan fingerprint density at radius 2 is 1.94 bits per heavy atom. The number of carbonyl (C=O) groups is 1. The molecule has 10 heteroatoms. The van der Waals surface area contributed by atoms with Crippen LogP contribution < -0.4 is 14.8 Å². The van der Waals surface area contributed by atoms with E-state index in [4.69, 9.17) is 21.1 Å². The summed E-state index contributed by atoms with van der Waals surface area (Å²) in [5.41, 5.74) is 5.73. The molecular formula is C42H50ClN5O4. The monoisotopic (exact) mass is 723 g/mol. The minimum atomic E-state index is -1.07. The van der Waals surface area contributed by atoms with Crippen LogP contribution in [0.1, 0.15) is 112 Å². The van der Waals surface area contributed by atoms with Crippen LogP contribution >= 0.6 is 11.6 Å². The second-order valence-electron chi connectivity index (χ2n) is 16.0. The number of anilines is 1. The molecule has 2 heterocycles. The Morgan fingerprint density at radius 1 is 1.10 bits per heavy atom. The Kier molecular flexibility index (Phi) is 9.66. The number of carboxylic acid groups (broad SMARTS) is 1. The van der Waals surface area contributed by atoms with Crippen molar-refractivity contribution in [2.24, 2.45) is 11.8 Å². The summed E-state index contributed by atoms with van der Waals surface area (Å²) in [7, 11) is 0. The van der Waals surface area contributed by atoms with Crippen molar-refractivity contribution in [2.75, 3.05) is 18.5 Å². The van der Waals surface area contributed by atoms with E-state index in [2.05, 4.69) is 52.7 Å². The average molecular weight is 724 g/mol. The largest absolute Gasteiger partial charge is 0.493 e. The van der Waals surface area contributed by atoms with Crippen molar-refractivity contribution in [2.45, 2.75) is 114 Å². The highest BCUT2D eigenvalue weighted by Crippen LogP contribution is 2.57. The fourth-order valence-electron chi connectivity index (χ4n) is 9.41. The highest BCUT2D eigenvalue weighted by Gasteiger charge is 2.54. The number of carboxylic acids is 1. The second-order valence-corrected chi connectivity index (χ2v) is 16.5. The van der Waals surface area contributed by atoms with Gasteiger partial charge in [-0.15, -0.1) is 5.10 Å².